The number of carbonyl (C=O) groups is 2. The molecule has 116 valence electrons. The molecule has 0 bridgehead atoms. The first-order valence-corrected chi connectivity index (χ1v) is 5.85. The predicted molar refractivity (Wildman–Crippen MR) is 57.0 cm³/mol. The molecule has 1 fully saturated rings. The van der Waals surface area contributed by atoms with Crippen LogP contribution >= 0.6 is 0 Å². The number of ether oxygens (including phenoxy) is 1. The Balaban J connectivity index is 3.02. The maximum Gasteiger partial charge on any atom is 0.454 e. The first-order chi connectivity index (χ1) is 8.91. The first-order valence-electron chi connectivity index (χ1n) is 5.85. The Kier molecular flexibility index (Phi) is 4.31. The highest BCUT2D eigenvalue weighted by Gasteiger charge is 2.64. The zero-order valence-corrected chi connectivity index (χ0v) is 11.0. The zero-order valence-electron chi connectivity index (χ0n) is 11.0. The minimum Gasteiger partial charge on any atom is -0.447 e. The molecule has 4 nitrogen and oxygen atoms in total. The van der Waals surface area contributed by atoms with Gasteiger partial charge in [-0.2, -0.15) is 22.0 Å². The van der Waals surface area contributed by atoms with Crippen molar-refractivity contribution in [3.8, 4) is 0 Å². The van der Waals surface area contributed by atoms with Gasteiger partial charge < -0.3 is 4.74 Å². The normalized spacial score (nSPS) is 22.1. The lowest BCUT2D eigenvalue weighted by molar-refractivity contribution is -0.297. The molecule has 1 saturated heterocycles. The lowest BCUT2D eigenvalue weighted by Crippen LogP contribution is -2.52. The van der Waals surface area contributed by atoms with Gasteiger partial charge in [-0.25, -0.2) is 9.69 Å². The fraction of sp³-hybridized carbons (Fsp3) is 0.818. The summed E-state index contributed by atoms with van der Waals surface area (Å²) in [6, 6.07) is -0.846. The highest BCUT2D eigenvalue weighted by atomic mass is 19.4. The third kappa shape index (κ3) is 2.71. The summed E-state index contributed by atoms with van der Waals surface area (Å²) in [7, 11) is 0. The van der Waals surface area contributed by atoms with E-state index in [9.17, 15) is 31.5 Å². The molecule has 0 radical (unpaired) electrons. The summed E-state index contributed by atoms with van der Waals surface area (Å²) in [6.07, 6.45) is -7.06. The first kappa shape index (κ1) is 16.6. The Morgan fingerprint density at radius 1 is 1.25 bits per heavy atom. The molecule has 0 aromatic rings. The predicted octanol–water partition coefficient (Wildman–Crippen LogP) is 2.82. The van der Waals surface area contributed by atoms with E-state index in [4.69, 9.17) is 0 Å². The highest BCUT2D eigenvalue weighted by Crippen LogP contribution is 2.42. The van der Waals surface area contributed by atoms with Gasteiger partial charge in [-0.05, 0) is 12.8 Å². The van der Waals surface area contributed by atoms with Crippen molar-refractivity contribution in [2.24, 2.45) is 11.8 Å². The zero-order chi connectivity index (χ0) is 15.9. The molecule has 0 aromatic heterocycles. The van der Waals surface area contributed by atoms with Crippen molar-refractivity contribution in [3.05, 3.63) is 0 Å². The number of alkyl halides is 5. The van der Waals surface area contributed by atoms with Gasteiger partial charge >= 0.3 is 18.2 Å². The Morgan fingerprint density at radius 3 is 2.15 bits per heavy atom. The summed E-state index contributed by atoms with van der Waals surface area (Å²) in [5.41, 5.74) is 0. The number of imide groups is 1. The third-order valence-electron chi connectivity index (χ3n) is 3.21. The largest absolute Gasteiger partial charge is 0.454 e. The summed E-state index contributed by atoms with van der Waals surface area (Å²) in [4.78, 5) is 23.5. The van der Waals surface area contributed by atoms with Gasteiger partial charge in [0.1, 0.15) is 12.5 Å². The fourth-order valence-electron chi connectivity index (χ4n) is 1.79. The van der Waals surface area contributed by atoms with Crippen LogP contribution in [0.1, 0.15) is 20.8 Å². The molecule has 1 heterocycles. The average Bonchev–Trinajstić information content (AvgIpc) is 2.67. The van der Waals surface area contributed by atoms with Crippen LogP contribution in [0.2, 0.25) is 0 Å². The van der Waals surface area contributed by atoms with Crippen LogP contribution in [-0.4, -0.2) is 41.6 Å². The number of hydrogen-bond acceptors (Lipinski definition) is 3. The van der Waals surface area contributed by atoms with Crippen molar-refractivity contribution in [1.29, 1.82) is 0 Å². The van der Waals surface area contributed by atoms with Gasteiger partial charge in [0, 0.05) is 0 Å². The van der Waals surface area contributed by atoms with Gasteiger partial charge in [0.05, 0.1) is 6.04 Å². The number of halogens is 5. The molecule has 0 spiro atoms. The van der Waals surface area contributed by atoms with Crippen molar-refractivity contribution in [3.63, 3.8) is 0 Å². The van der Waals surface area contributed by atoms with E-state index in [2.05, 4.69) is 4.74 Å². The lowest BCUT2D eigenvalue weighted by atomic mass is 9.98. The Bertz CT molecular complexity index is 407. The molecule has 0 aromatic carbocycles. The Labute approximate surface area is 111 Å². The summed E-state index contributed by atoms with van der Waals surface area (Å²) in [5, 5.41) is 0. The van der Waals surface area contributed by atoms with E-state index in [1.54, 1.807) is 13.8 Å². The quantitative estimate of drug-likeness (QED) is 0.753. The van der Waals surface area contributed by atoms with Crippen molar-refractivity contribution >= 4 is 12.0 Å². The molecule has 9 heteroatoms. The topological polar surface area (TPSA) is 46.6 Å². The van der Waals surface area contributed by atoms with E-state index in [1.165, 1.54) is 0 Å². The highest BCUT2D eigenvalue weighted by molar-refractivity contribution is 5.95. The van der Waals surface area contributed by atoms with Crippen LogP contribution < -0.4 is 0 Å². The Hall–Kier alpha value is -1.41. The van der Waals surface area contributed by atoms with Gasteiger partial charge in [-0.1, -0.05) is 13.8 Å². The van der Waals surface area contributed by atoms with Crippen molar-refractivity contribution in [2.45, 2.75) is 38.9 Å². The maximum atomic E-state index is 13.2. The molecular formula is C11H14F5NO3. The van der Waals surface area contributed by atoms with Crippen molar-refractivity contribution < 1.29 is 36.3 Å². The second kappa shape index (κ2) is 5.17. The molecule has 0 N–H and O–H groups in total. The molecular weight excluding hydrogens is 289 g/mol. The van der Waals surface area contributed by atoms with Crippen LogP contribution in [0.3, 0.4) is 0 Å². The standard InChI is InChI=1S/C11H14F5NO3/c1-5(2)7-4-20-9(19)17(7)8(18)6(3)10(12,13)11(14,15)16/h5-7H,4H2,1-3H3/t6-,7+/m0/s1. The number of amides is 2. The van der Waals surface area contributed by atoms with Crippen molar-refractivity contribution in [2.75, 3.05) is 6.61 Å². The van der Waals surface area contributed by atoms with E-state index >= 15 is 0 Å². The molecule has 1 aliphatic heterocycles. The van der Waals surface area contributed by atoms with Crippen LogP contribution in [0, 0.1) is 11.8 Å². The number of nitrogens with zero attached hydrogens (tertiary/aromatic N) is 1. The van der Waals surface area contributed by atoms with Gasteiger partial charge in [-0.3, -0.25) is 4.79 Å². The summed E-state index contributed by atoms with van der Waals surface area (Å²) >= 11 is 0. The van der Waals surface area contributed by atoms with Crippen LogP contribution in [0.4, 0.5) is 26.7 Å². The van der Waals surface area contributed by atoms with Crippen LogP contribution in [0.5, 0.6) is 0 Å². The van der Waals surface area contributed by atoms with E-state index < -0.39 is 36.1 Å². The minimum absolute atomic E-state index is 0.216. The molecule has 1 aliphatic rings. The van der Waals surface area contributed by atoms with Gasteiger partial charge in [-0.15, -0.1) is 0 Å². The molecule has 2 amide bonds. The summed E-state index contributed by atoms with van der Waals surface area (Å²) < 4.78 is 67.6. The molecule has 0 aliphatic carbocycles. The SMILES string of the molecule is CC(C)[C@H]1COC(=O)N1C(=O)[C@H](C)C(F)(F)C(F)(F)F. The van der Waals surface area contributed by atoms with Crippen LogP contribution in [-0.2, 0) is 9.53 Å². The second-order valence-corrected chi connectivity index (χ2v) is 4.94. The van der Waals surface area contributed by atoms with Crippen LogP contribution in [0.25, 0.3) is 0 Å². The second-order valence-electron chi connectivity index (χ2n) is 4.94. The summed E-state index contributed by atoms with van der Waals surface area (Å²) in [6.45, 7) is 3.42. The van der Waals surface area contributed by atoms with Gasteiger partial charge in [0.25, 0.3) is 0 Å². The molecule has 0 saturated carbocycles. The maximum absolute atomic E-state index is 13.2. The Morgan fingerprint density at radius 2 is 1.75 bits per heavy atom. The van der Waals surface area contributed by atoms with E-state index in [0.29, 0.717) is 11.8 Å². The van der Waals surface area contributed by atoms with E-state index in [0.717, 1.165) is 0 Å². The summed E-state index contributed by atoms with van der Waals surface area (Å²) in [5.74, 6) is -9.82. The van der Waals surface area contributed by atoms with E-state index in [-0.39, 0.29) is 12.5 Å². The van der Waals surface area contributed by atoms with Crippen molar-refractivity contribution in [1.82, 2.24) is 4.90 Å². The molecule has 0 unspecified atom stereocenters. The number of carbonyl (C=O) groups excluding carboxylic acids is 2. The number of rotatable bonds is 3. The number of cyclic esters (lactones) is 1. The average molecular weight is 303 g/mol. The van der Waals surface area contributed by atoms with Gasteiger partial charge in [0.2, 0.25) is 5.91 Å². The fourth-order valence-corrected chi connectivity index (χ4v) is 1.79. The number of hydrogen-bond donors (Lipinski definition) is 0. The third-order valence-corrected chi connectivity index (χ3v) is 3.21. The molecule has 20 heavy (non-hydrogen) atoms. The minimum atomic E-state index is -5.86. The monoisotopic (exact) mass is 303 g/mol. The van der Waals surface area contributed by atoms with E-state index in [1.807, 2.05) is 0 Å². The van der Waals surface area contributed by atoms with Gasteiger partial charge in [0.15, 0.2) is 0 Å². The molecule has 1 rings (SSSR count). The lowest BCUT2D eigenvalue weighted by Gasteiger charge is -2.30. The van der Waals surface area contributed by atoms with Crippen LogP contribution in [0.15, 0.2) is 0 Å². The smallest absolute Gasteiger partial charge is 0.447 e. The molecule has 2 atom stereocenters.